The van der Waals surface area contributed by atoms with E-state index in [2.05, 4.69) is 5.32 Å². The zero-order chi connectivity index (χ0) is 12.7. The number of hydrogen-bond donors (Lipinski definition) is 3. The third-order valence-electron chi connectivity index (χ3n) is 2.37. The molecule has 7 heteroatoms. The number of aliphatic carboxylic acids is 1. The highest BCUT2D eigenvalue weighted by molar-refractivity contribution is 6.06. The van der Waals surface area contributed by atoms with Gasteiger partial charge in [0.2, 0.25) is 0 Å². The zero-order valence-electron chi connectivity index (χ0n) is 9.27. The lowest BCUT2D eigenvalue weighted by atomic mass is 10.0. The number of amides is 3. The van der Waals surface area contributed by atoms with Crippen molar-refractivity contribution < 1.29 is 24.6 Å². The Morgan fingerprint density at radius 3 is 2.31 bits per heavy atom. The van der Waals surface area contributed by atoms with Gasteiger partial charge in [-0.3, -0.25) is 9.69 Å². The predicted octanol–water partition coefficient (Wildman–Crippen LogP) is -0.848. The molecular weight excluding hydrogens is 216 g/mol. The maximum Gasteiger partial charge on any atom is 0.337 e. The van der Waals surface area contributed by atoms with E-state index >= 15 is 0 Å². The van der Waals surface area contributed by atoms with E-state index in [0.29, 0.717) is 4.90 Å². The highest BCUT2D eigenvalue weighted by atomic mass is 16.4. The largest absolute Gasteiger partial charge is 0.479 e. The van der Waals surface area contributed by atoms with Crippen molar-refractivity contribution >= 4 is 17.9 Å². The molecule has 0 aromatic rings. The molecule has 0 bridgehead atoms. The second-order valence-electron chi connectivity index (χ2n) is 4.53. The Morgan fingerprint density at radius 1 is 1.50 bits per heavy atom. The third-order valence-corrected chi connectivity index (χ3v) is 2.37. The zero-order valence-corrected chi connectivity index (χ0v) is 9.27. The van der Waals surface area contributed by atoms with Crippen molar-refractivity contribution in [1.82, 2.24) is 10.2 Å². The van der Waals surface area contributed by atoms with Gasteiger partial charge < -0.3 is 15.5 Å². The molecule has 1 heterocycles. The number of nitrogens with zero attached hydrogens (tertiary/aromatic N) is 1. The van der Waals surface area contributed by atoms with E-state index in [-0.39, 0.29) is 0 Å². The highest BCUT2D eigenvalue weighted by Gasteiger charge is 2.47. The summed E-state index contributed by atoms with van der Waals surface area (Å²) in [5, 5.41) is 20.6. The van der Waals surface area contributed by atoms with Crippen molar-refractivity contribution in [2.24, 2.45) is 0 Å². The topological polar surface area (TPSA) is 107 Å². The number of carboxylic acids is 1. The summed E-state index contributed by atoms with van der Waals surface area (Å²) in [6.45, 7) is 3.46. The molecule has 7 nitrogen and oxygen atoms in total. The Bertz CT molecular complexity index is 361. The number of carboxylic acid groups (broad SMARTS) is 1. The minimum atomic E-state index is -2.15. The summed E-state index contributed by atoms with van der Waals surface area (Å²) >= 11 is 0. The standard InChI is InChI=1S/C9H14N2O5/c1-8(2)5(12)11(7(15)10-8)4-9(3,16)6(13)14/h16H,4H2,1-3H3,(H,10,15)(H,13,14). The first-order valence-electron chi connectivity index (χ1n) is 4.68. The lowest BCUT2D eigenvalue weighted by Crippen LogP contribution is -2.49. The van der Waals surface area contributed by atoms with E-state index in [1.807, 2.05) is 0 Å². The molecular formula is C9H14N2O5. The van der Waals surface area contributed by atoms with Crippen LogP contribution in [-0.2, 0) is 9.59 Å². The van der Waals surface area contributed by atoms with E-state index in [9.17, 15) is 19.5 Å². The number of aliphatic hydroxyl groups is 1. The fraction of sp³-hybridized carbons (Fsp3) is 0.667. The summed E-state index contributed by atoms with van der Waals surface area (Å²) in [7, 11) is 0. The molecule has 1 fully saturated rings. The van der Waals surface area contributed by atoms with Crippen LogP contribution in [0.5, 0.6) is 0 Å². The van der Waals surface area contributed by atoms with Crippen LogP contribution in [0, 0.1) is 0 Å². The van der Waals surface area contributed by atoms with Gasteiger partial charge in [0.1, 0.15) is 5.54 Å². The van der Waals surface area contributed by atoms with Crippen molar-refractivity contribution in [3.8, 4) is 0 Å². The summed E-state index contributed by atoms with van der Waals surface area (Å²) in [5.74, 6) is -2.04. The van der Waals surface area contributed by atoms with Gasteiger partial charge in [-0.05, 0) is 20.8 Å². The van der Waals surface area contributed by atoms with Crippen molar-refractivity contribution in [3.05, 3.63) is 0 Å². The Morgan fingerprint density at radius 2 is 2.00 bits per heavy atom. The van der Waals surface area contributed by atoms with Crippen molar-refractivity contribution in [2.45, 2.75) is 31.9 Å². The third kappa shape index (κ3) is 1.99. The minimum Gasteiger partial charge on any atom is -0.479 e. The first-order chi connectivity index (χ1) is 7.08. The van der Waals surface area contributed by atoms with Gasteiger partial charge in [0.25, 0.3) is 5.91 Å². The van der Waals surface area contributed by atoms with Crippen LogP contribution in [0.25, 0.3) is 0 Å². The molecule has 90 valence electrons. The molecule has 0 saturated carbocycles. The predicted molar refractivity (Wildman–Crippen MR) is 52.6 cm³/mol. The quantitative estimate of drug-likeness (QED) is 0.547. The lowest BCUT2D eigenvalue weighted by molar-refractivity contribution is -0.158. The van der Waals surface area contributed by atoms with Crippen LogP contribution in [0.2, 0.25) is 0 Å². The molecule has 0 aliphatic carbocycles. The molecule has 1 atom stereocenters. The SMILES string of the molecule is CC(O)(CN1C(=O)NC(C)(C)C1=O)C(=O)O. The average Bonchev–Trinajstić information content (AvgIpc) is 2.27. The van der Waals surface area contributed by atoms with Crippen molar-refractivity contribution in [1.29, 1.82) is 0 Å². The molecule has 0 spiro atoms. The van der Waals surface area contributed by atoms with Gasteiger partial charge in [-0.15, -0.1) is 0 Å². The first kappa shape index (κ1) is 12.4. The molecule has 1 saturated heterocycles. The van der Waals surface area contributed by atoms with Gasteiger partial charge in [-0.25, -0.2) is 9.59 Å². The van der Waals surface area contributed by atoms with Crippen LogP contribution in [0.1, 0.15) is 20.8 Å². The summed E-state index contributed by atoms with van der Waals surface area (Å²) in [5.41, 5.74) is -3.21. The minimum absolute atomic E-state index is 0.556. The van der Waals surface area contributed by atoms with Gasteiger partial charge in [-0.1, -0.05) is 0 Å². The maximum absolute atomic E-state index is 11.7. The van der Waals surface area contributed by atoms with E-state index in [1.54, 1.807) is 0 Å². The van der Waals surface area contributed by atoms with Gasteiger partial charge in [-0.2, -0.15) is 0 Å². The van der Waals surface area contributed by atoms with Crippen LogP contribution in [0.15, 0.2) is 0 Å². The molecule has 0 aromatic heterocycles. The number of nitrogens with one attached hydrogen (secondary N) is 1. The Balaban J connectivity index is 2.88. The smallest absolute Gasteiger partial charge is 0.337 e. The van der Waals surface area contributed by atoms with Gasteiger partial charge in [0.05, 0.1) is 6.54 Å². The number of rotatable bonds is 3. The summed E-state index contributed by atoms with van der Waals surface area (Å²) < 4.78 is 0. The fourth-order valence-corrected chi connectivity index (χ4v) is 1.34. The number of carbonyl (C=O) groups excluding carboxylic acids is 2. The number of carbonyl (C=O) groups is 3. The van der Waals surface area contributed by atoms with Crippen LogP contribution in [0.3, 0.4) is 0 Å². The summed E-state index contributed by atoms with van der Waals surface area (Å²) in [4.78, 5) is 34.4. The lowest BCUT2D eigenvalue weighted by Gasteiger charge is -2.23. The molecule has 1 aliphatic heterocycles. The molecule has 3 amide bonds. The summed E-state index contributed by atoms with van der Waals surface area (Å²) in [6.07, 6.45) is 0. The Kier molecular flexibility index (Phi) is 2.68. The molecule has 1 aliphatic rings. The second kappa shape index (κ2) is 3.44. The average molecular weight is 230 g/mol. The second-order valence-corrected chi connectivity index (χ2v) is 4.53. The van der Waals surface area contributed by atoms with E-state index in [4.69, 9.17) is 5.11 Å². The number of urea groups is 1. The van der Waals surface area contributed by atoms with Gasteiger partial charge >= 0.3 is 12.0 Å². The highest BCUT2D eigenvalue weighted by Crippen LogP contribution is 2.19. The van der Waals surface area contributed by atoms with Crippen molar-refractivity contribution in [3.63, 3.8) is 0 Å². The Hall–Kier alpha value is -1.63. The van der Waals surface area contributed by atoms with E-state index < -0.39 is 35.6 Å². The van der Waals surface area contributed by atoms with E-state index in [1.165, 1.54) is 13.8 Å². The first-order valence-corrected chi connectivity index (χ1v) is 4.68. The van der Waals surface area contributed by atoms with Crippen LogP contribution >= 0.6 is 0 Å². The van der Waals surface area contributed by atoms with Crippen LogP contribution in [-0.4, -0.2) is 50.7 Å². The molecule has 16 heavy (non-hydrogen) atoms. The Labute approximate surface area is 92.0 Å². The number of hydrogen-bond acceptors (Lipinski definition) is 4. The van der Waals surface area contributed by atoms with Gasteiger partial charge in [0, 0.05) is 0 Å². The molecule has 0 radical (unpaired) electrons. The fourth-order valence-electron chi connectivity index (χ4n) is 1.34. The molecule has 1 rings (SSSR count). The molecule has 1 unspecified atom stereocenters. The number of imide groups is 1. The van der Waals surface area contributed by atoms with E-state index in [0.717, 1.165) is 6.92 Å². The monoisotopic (exact) mass is 230 g/mol. The van der Waals surface area contributed by atoms with Crippen LogP contribution < -0.4 is 5.32 Å². The van der Waals surface area contributed by atoms with Crippen LogP contribution in [0.4, 0.5) is 4.79 Å². The number of β-amino-alcohol motifs (C(OH)–C–C–N with tert-alkyl or cyclic N) is 1. The normalized spacial score (nSPS) is 22.9. The van der Waals surface area contributed by atoms with Gasteiger partial charge in [0.15, 0.2) is 5.60 Å². The molecule has 3 N–H and O–H groups in total. The maximum atomic E-state index is 11.7. The van der Waals surface area contributed by atoms with Crippen molar-refractivity contribution in [2.75, 3.05) is 6.54 Å². The molecule has 0 aromatic carbocycles. The summed E-state index contributed by atoms with van der Waals surface area (Å²) in [6, 6.07) is -0.698.